The molecule has 2 unspecified atom stereocenters. The summed E-state index contributed by atoms with van der Waals surface area (Å²) in [4.78, 5) is 19.9. The van der Waals surface area contributed by atoms with Gasteiger partial charge in [0.25, 0.3) is 0 Å². The fourth-order valence-electron chi connectivity index (χ4n) is 5.54. The molecule has 2 aliphatic heterocycles. The maximum Gasteiger partial charge on any atom is 0.335 e. The zero-order chi connectivity index (χ0) is 23.5. The van der Waals surface area contributed by atoms with Gasteiger partial charge in [-0.25, -0.2) is 4.79 Å². The molecule has 6 nitrogen and oxygen atoms in total. The van der Waals surface area contributed by atoms with Crippen molar-refractivity contribution in [2.45, 2.75) is 52.2 Å². The van der Waals surface area contributed by atoms with Gasteiger partial charge in [-0.3, -0.25) is 9.80 Å². The predicted molar refractivity (Wildman–Crippen MR) is 132 cm³/mol. The van der Waals surface area contributed by atoms with Crippen molar-refractivity contribution in [3.8, 4) is 5.75 Å². The van der Waals surface area contributed by atoms with E-state index in [1.165, 1.54) is 34.9 Å². The van der Waals surface area contributed by atoms with Gasteiger partial charge < -0.3 is 14.8 Å². The highest BCUT2D eigenvalue weighted by Gasteiger charge is 2.40. The summed E-state index contributed by atoms with van der Waals surface area (Å²) >= 11 is 0. The van der Waals surface area contributed by atoms with Crippen LogP contribution in [-0.4, -0.2) is 58.6 Å². The Morgan fingerprint density at radius 2 is 1.91 bits per heavy atom. The number of ether oxygens (including phenoxy) is 1. The Kier molecular flexibility index (Phi) is 7.05. The molecule has 3 aromatic rings. The van der Waals surface area contributed by atoms with Crippen molar-refractivity contribution < 1.29 is 14.6 Å². The van der Waals surface area contributed by atoms with Crippen LogP contribution >= 0.6 is 0 Å². The maximum absolute atomic E-state index is 11.3. The van der Waals surface area contributed by atoms with Gasteiger partial charge in [0.1, 0.15) is 5.75 Å². The number of methoxy groups -OCH3 is 1. The van der Waals surface area contributed by atoms with Gasteiger partial charge in [0.05, 0.1) is 18.7 Å². The fourth-order valence-corrected chi connectivity index (χ4v) is 5.54. The Balaban J connectivity index is 0.00000126. The summed E-state index contributed by atoms with van der Waals surface area (Å²) in [5.41, 5.74) is 5.09. The largest absolute Gasteiger partial charge is 0.496 e. The van der Waals surface area contributed by atoms with Crippen molar-refractivity contribution in [1.29, 1.82) is 0 Å². The molecule has 33 heavy (non-hydrogen) atoms. The van der Waals surface area contributed by atoms with E-state index in [9.17, 15) is 9.90 Å². The molecule has 6 heteroatoms. The first-order valence-corrected chi connectivity index (χ1v) is 12.0. The number of fused-ring (bicyclic) bond motifs is 2. The van der Waals surface area contributed by atoms with Crippen LogP contribution in [0.2, 0.25) is 0 Å². The van der Waals surface area contributed by atoms with E-state index in [0.717, 1.165) is 37.4 Å². The van der Waals surface area contributed by atoms with Gasteiger partial charge in [0, 0.05) is 48.3 Å². The van der Waals surface area contributed by atoms with Crippen molar-refractivity contribution >= 4 is 16.9 Å². The maximum atomic E-state index is 11.3. The minimum atomic E-state index is -0.881. The minimum Gasteiger partial charge on any atom is -0.496 e. The molecular weight excluding hydrogens is 414 g/mol. The number of benzene rings is 2. The Hall–Kier alpha value is -2.83. The zero-order valence-corrected chi connectivity index (χ0v) is 20.1. The molecule has 176 valence electrons. The Labute approximate surface area is 196 Å². The van der Waals surface area contributed by atoms with Crippen LogP contribution in [-0.2, 0) is 6.54 Å². The van der Waals surface area contributed by atoms with E-state index in [-0.39, 0.29) is 6.04 Å². The molecule has 0 bridgehead atoms. The van der Waals surface area contributed by atoms with E-state index >= 15 is 0 Å². The molecule has 0 aliphatic carbocycles. The number of piperazine rings is 1. The second kappa shape index (κ2) is 9.98. The summed E-state index contributed by atoms with van der Waals surface area (Å²) in [6.07, 6.45) is 4.39. The first-order valence-electron chi connectivity index (χ1n) is 12.0. The molecule has 3 heterocycles. The van der Waals surface area contributed by atoms with Crippen molar-refractivity contribution in [3.63, 3.8) is 0 Å². The van der Waals surface area contributed by atoms with Gasteiger partial charge in [0.15, 0.2) is 0 Å². The van der Waals surface area contributed by atoms with Crippen LogP contribution in [0.1, 0.15) is 59.8 Å². The SMILES string of the molecule is CC.COc1cc(C)c2[nH]ccc2c1CN1CCN2CCCC2C1c1ccc(C(=O)O)cc1. The third kappa shape index (κ3) is 4.37. The Morgan fingerprint density at radius 3 is 2.61 bits per heavy atom. The summed E-state index contributed by atoms with van der Waals surface area (Å²) in [6, 6.07) is 12.4. The normalized spacial score (nSPS) is 20.8. The van der Waals surface area contributed by atoms with Crippen molar-refractivity contribution in [2.75, 3.05) is 26.7 Å². The van der Waals surface area contributed by atoms with Crippen LogP contribution in [0, 0.1) is 6.92 Å². The zero-order valence-electron chi connectivity index (χ0n) is 20.1. The number of rotatable bonds is 5. The molecule has 2 aromatic carbocycles. The van der Waals surface area contributed by atoms with E-state index in [1.54, 1.807) is 19.2 Å². The van der Waals surface area contributed by atoms with Crippen molar-refractivity contribution in [2.24, 2.45) is 0 Å². The average Bonchev–Trinajstić information content (AvgIpc) is 3.52. The lowest BCUT2D eigenvalue weighted by Gasteiger charge is -2.45. The predicted octanol–water partition coefficient (Wildman–Crippen LogP) is 5.23. The second-order valence-electron chi connectivity index (χ2n) is 8.73. The first kappa shape index (κ1) is 23.3. The van der Waals surface area contributed by atoms with Gasteiger partial charge in [-0.15, -0.1) is 0 Å². The number of aromatic carboxylic acids is 1. The van der Waals surface area contributed by atoms with Crippen molar-refractivity contribution in [3.05, 3.63) is 64.8 Å². The van der Waals surface area contributed by atoms with Crippen LogP contribution < -0.4 is 4.74 Å². The van der Waals surface area contributed by atoms with Gasteiger partial charge in [-0.05, 0) is 61.7 Å². The smallest absolute Gasteiger partial charge is 0.335 e. The number of nitrogens with zero attached hydrogens (tertiary/aromatic N) is 2. The van der Waals surface area contributed by atoms with Gasteiger partial charge in [-0.1, -0.05) is 26.0 Å². The average molecular weight is 450 g/mol. The Bertz CT molecular complexity index is 1110. The molecule has 2 aliphatic rings. The van der Waals surface area contributed by atoms with E-state index in [4.69, 9.17) is 4.74 Å². The lowest BCUT2D eigenvalue weighted by atomic mass is 9.92. The molecule has 0 spiro atoms. The summed E-state index contributed by atoms with van der Waals surface area (Å²) in [7, 11) is 1.74. The van der Waals surface area contributed by atoms with Crippen molar-refractivity contribution in [1.82, 2.24) is 14.8 Å². The number of carboxylic acids is 1. The number of hydrogen-bond donors (Lipinski definition) is 2. The number of nitrogens with one attached hydrogen (secondary N) is 1. The number of aromatic nitrogens is 1. The molecule has 2 fully saturated rings. The quantitative estimate of drug-likeness (QED) is 0.558. The van der Waals surface area contributed by atoms with Crippen LogP contribution in [0.25, 0.3) is 10.9 Å². The number of aromatic amines is 1. The van der Waals surface area contributed by atoms with Crippen LogP contribution in [0.3, 0.4) is 0 Å². The highest BCUT2D eigenvalue weighted by molar-refractivity contribution is 5.88. The standard InChI is InChI=1S/C25H29N3O3.C2H6/c1-16-14-22(31-2)20(19-9-10-26-23(16)19)15-28-13-12-27-11-3-4-21(27)24(28)17-5-7-18(8-6-17)25(29)30;1-2/h5-10,14,21,24,26H,3-4,11-13,15H2,1-2H3,(H,29,30);1-2H3. The topological polar surface area (TPSA) is 68.8 Å². The van der Waals surface area contributed by atoms with E-state index < -0.39 is 5.97 Å². The van der Waals surface area contributed by atoms with Gasteiger partial charge in [-0.2, -0.15) is 0 Å². The summed E-state index contributed by atoms with van der Waals surface area (Å²) in [6.45, 7) is 10.1. The number of H-pyrrole nitrogens is 1. The van der Waals surface area contributed by atoms with Gasteiger partial charge >= 0.3 is 5.97 Å². The molecule has 1 aromatic heterocycles. The van der Waals surface area contributed by atoms with Crippen LogP contribution in [0.4, 0.5) is 0 Å². The molecule has 5 rings (SSSR count). The summed E-state index contributed by atoms with van der Waals surface area (Å²) < 4.78 is 5.80. The summed E-state index contributed by atoms with van der Waals surface area (Å²) in [5, 5.41) is 10.5. The minimum absolute atomic E-state index is 0.235. The molecule has 0 amide bonds. The number of hydrogen-bond acceptors (Lipinski definition) is 4. The highest BCUT2D eigenvalue weighted by atomic mass is 16.5. The molecule has 2 N–H and O–H groups in total. The Morgan fingerprint density at radius 1 is 1.15 bits per heavy atom. The second-order valence-corrected chi connectivity index (χ2v) is 8.73. The third-order valence-electron chi connectivity index (χ3n) is 7.04. The van der Waals surface area contributed by atoms with Crippen LogP contribution in [0.5, 0.6) is 5.75 Å². The molecule has 0 radical (unpaired) electrons. The van der Waals surface area contributed by atoms with Gasteiger partial charge in [0.2, 0.25) is 0 Å². The third-order valence-corrected chi connectivity index (χ3v) is 7.04. The number of carbonyl (C=O) groups is 1. The van der Waals surface area contributed by atoms with E-state index in [2.05, 4.69) is 33.8 Å². The fraction of sp³-hybridized carbons (Fsp3) is 0.444. The molecular formula is C27H35N3O3. The number of aryl methyl sites for hydroxylation is 1. The molecule has 0 saturated carbocycles. The summed E-state index contributed by atoms with van der Waals surface area (Å²) in [5.74, 6) is 0.0483. The molecule has 2 saturated heterocycles. The van der Waals surface area contributed by atoms with E-state index in [0.29, 0.717) is 11.6 Å². The first-order chi connectivity index (χ1) is 16.1. The lowest BCUT2D eigenvalue weighted by molar-refractivity contribution is 0.0363. The van der Waals surface area contributed by atoms with Crippen LogP contribution in [0.15, 0.2) is 42.6 Å². The van der Waals surface area contributed by atoms with E-state index in [1.807, 2.05) is 32.2 Å². The monoisotopic (exact) mass is 449 g/mol. The molecule has 2 atom stereocenters. The highest BCUT2D eigenvalue weighted by Crippen LogP contribution is 2.40. The number of carboxylic acid groups (broad SMARTS) is 1. The lowest BCUT2D eigenvalue weighted by Crippen LogP contribution is -2.51.